The van der Waals surface area contributed by atoms with Gasteiger partial charge in [-0.05, 0) is 53.9 Å². The summed E-state index contributed by atoms with van der Waals surface area (Å²) in [6, 6.07) is 14.9. The average molecular weight is 320 g/mol. The van der Waals surface area contributed by atoms with Crippen LogP contribution in [0.5, 0.6) is 0 Å². The van der Waals surface area contributed by atoms with Crippen molar-refractivity contribution in [3.8, 4) is 0 Å². The highest BCUT2D eigenvalue weighted by Gasteiger charge is 2.16. The molecule has 1 atom stereocenters. The van der Waals surface area contributed by atoms with E-state index in [1.165, 1.54) is 10.9 Å². The number of benzene rings is 2. The summed E-state index contributed by atoms with van der Waals surface area (Å²) in [5.74, 6) is -0.199. The molecule has 0 radical (unpaired) electrons. The lowest BCUT2D eigenvalue weighted by Gasteiger charge is -2.17. The van der Waals surface area contributed by atoms with E-state index < -0.39 is 0 Å². The monoisotopic (exact) mass is 319 g/mol. The molecular formula is C17H15ClFNS. The van der Waals surface area contributed by atoms with Crippen LogP contribution in [0, 0.1) is 5.82 Å². The number of nitrogens with one attached hydrogen (secondary N) is 1. The van der Waals surface area contributed by atoms with Gasteiger partial charge in [-0.3, -0.25) is 0 Å². The van der Waals surface area contributed by atoms with E-state index in [4.69, 9.17) is 11.6 Å². The minimum absolute atomic E-state index is 0.0779. The van der Waals surface area contributed by atoms with Gasteiger partial charge in [-0.25, -0.2) is 4.39 Å². The molecule has 0 amide bonds. The van der Waals surface area contributed by atoms with E-state index in [0.717, 1.165) is 27.2 Å². The Bertz CT molecular complexity index is 768. The van der Waals surface area contributed by atoms with Gasteiger partial charge in [-0.1, -0.05) is 30.7 Å². The first-order chi connectivity index (χ1) is 10.2. The van der Waals surface area contributed by atoms with Crippen LogP contribution in [0.2, 0.25) is 5.02 Å². The molecule has 0 aliphatic carbocycles. The normalized spacial score (nSPS) is 12.7. The van der Waals surface area contributed by atoms with Gasteiger partial charge in [-0.15, -0.1) is 11.3 Å². The Labute approximate surface area is 132 Å². The fourth-order valence-electron chi connectivity index (χ4n) is 2.45. The molecule has 1 nitrogen and oxygen atoms in total. The molecule has 1 aromatic heterocycles. The lowest BCUT2D eigenvalue weighted by molar-refractivity contribution is 0.629. The molecule has 0 saturated heterocycles. The molecule has 1 N–H and O–H groups in total. The summed E-state index contributed by atoms with van der Waals surface area (Å²) in [5.41, 5.74) is 1.12. The molecule has 0 aliphatic heterocycles. The van der Waals surface area contributed by atoms with Gasteiger partial charge in [0.15, 0.2) is 0 Å². The van der Waals surface area contributed by atoms with Crippen LogP contribution in [-0.2, 0) is 0 Å². The molecule has 4 heteroatoms. The van der Waals surface area contributed by atoms with Crippen LogP contribution in [0.4, 0.5) is 4.39 Å². The van der Waals surface area contributed by atoms with Crippen molar-refractivity contribution >= 4 is 33.0 Å². The second-order valence-electron chi connectivity index (χ2n) is 4.88. The maximum atomic E-state index is 13.3. The highest BCUT2D eigenvalue weighted by atomic mass is 35.5. The number of fused-ring (bicyclic) bond motifs is 1. The molecule has 21 heavy (non-hydrogen) atoms. The summed E-state index contributed by atoms with van der Waals surface area (Å²) in [7, 11) is 0. The Morgan fingerprint density at radius 3 is 2.81 bits per heavy atom. The number of hydrogen-bond donors (Lipinski definition) is 1. The molecule has 3 rings (SSSR count). The predicted molar refractivity (Wildman–Crippen MR) is 88.8 cm³/mol. The zero-order chi connectivity index (χ0) is 14.8. The van der Waals surface area contributed by atoms with E-state index in [1.54, 1.807) is 17.4 Å². The van der Waals surface area contributed by atoms with E-state index in [9.17, 15) is 4.39 Å². The zero-order valence-electron chi connectivity index (χ0n) is 11.6. The van der Waals surface area contributed by atoms with Crippen molar-refractivity contribution in [1.82, 2.24) is 5.32 Å². The first kappa shape index (κ1) is 14.5. The number of halogens is 2. The summed E-state index contributed by atoms with van der Waals surface area (Å²) in [6.45, 7) is 2.92. The Morgan fingerprint density at radius 2 is 2.05 bits per heavy atom. The van der Waals surface area contributed by atoms with Crippen LogP contribution in [0.15, 0.2) is 48.5 Å². The second-order valence-corrected chi connectivity index (χ2v) is 6.43. The van der Waals surface area contributed by atoms with Crippen molar-refractivity contribution in [2.24, 2.45) is 0 Å². The van der Waals surface area contributed by atoms with Gasteiger partial charge in [-0.2, -0.15) is 0 Å². The van der Waals surface area contributed by atoms with Crippen LogP contribution in [-0.4, -0.2) is 6.54 Å². The quantitative estimate of drug-likeness (QED) is 0.679. The maximum absolute atomic E-state index is 13.3. The van der Waals surface area contributed by atoms with Crippen molar-refractivity contribution in [2.75, 3.05) is 6.54 Å². The molecule has 1 unspecified atom stereocenters. The Balaban J connectivity index is 2.06. The summed E-state index contributed by atoms with van der Waals surface area (Å²) in [6.07, 6.45) is 0. The van der Waals surface area contributed by atoms with Crippen LogP contribution in [0.25, 0.3) is 10.1 Å². The molecule has 3 aromatic rings. The van der Waals surface area contributed by atoms with Crippen LogP contribution >= 0.6 is 22.9 Å². The molecule has 0 spiro atoms. The largest absolute Gasteiger partial charge is 0.306 e. The van der Waals surface area contributed by atoms with Gasteiger partial charge in [0.1, 0.15) is 5.82 Å². The maximum Gasteiger partial charge on any atom is 0.123 e. The molecule has 0 aliphatic rings. The molecular weight excluding hydrogens is 305 g/mol. The third-order valence-electron chi connectivity index (χ3n) is 3.37. The summed E-state index contributed by atoms with van der Waals surface area (Å²) in [4.78, 5) is 1.17. The van der Waals surface area contributed by atoms with Crippen molar-refractivity contribution < 1.29 is 4.39 Å². The Kier molecular flexibility index (Phi) is 4.24. The smallest absolute Gasteiger partial charge is 0.123 e. The minimum atomic E-state index is -0.199. The van der Waals surface area contributed by atoms with Gasteiger partial charge >= 0.3 is 0 Å². The Morgan fingerprint density at radius 1 is 1.19 bits per heavy atom. The van der Waals surface area contributed by atoms with E-state index in [-0.39, 0.29) is 11.9 Å². The van der Waals surface area contributed by atoms with E-state index in [0.29, 0.717) is 0 Å². The molecule has 0 saturated carbocycles. The van der Waals surface area contributed by atoms with Crippen molar-refractivity contribution in [1.29, 1.82) is 0 Å². The first-order valence-corrected chi connectivity index (χ1v) is 8.04. The lowest BCUT2D eigenvalue weighted by atomic mass is 10.0. The molecule has 0 fully saturated rings. The van der Waals surface area contributed by atoms with Gasteiger partial charge in [0.05, 0.1) is 6.04 Å². The molecule has 1 heterocycles. The third kappa shape index (κ3) is 3.10. The predicted octanol–water partition coefficient (Wildman–Crippen LogP) is 5.39. The van der Waals surface area contributed by atoms with Crippen LogP contribution in [0.1, 0.15) is 23.4 Å². The van der Waals surface area contributed by atoms with Crippen LogP contribution < -0.4 is 5.32 Å². The van der Waals surface area contributed by atoms with Crippen molar-refractivity contribution in [2.45, 2.75) is 13.0 Å². The molecule has 2 aromatic carbocycles. The van der Waals surface area contributed by atoms with Gasteiger partial charge in [0.2, 0.25) is 0 Å². The lowest BCUT2D eigenvalue weighted by Crippen LogP contribution is -2.20. The van der Waals surface area contributed by atoms with E-state index in [2.05, 4.69) is 24.4 Å². The van der Waals surface area contributed by atoms with Gasteiger partial charge < -0.3 is 5.32 Å². The standard InChI is InChI=1S/C17H15ClFNS/c1-2-20-17(11-4-3-5-13(18)8-11)16-10-12-9-14(19)6-7-15(12)21-16/h3-10,17,20H,2H2,1H3. The minimum Gasteiger partial charge on any atom is -0.306 e. The number of hydrogen-bond acceptors (Lipinski definition) is 2. The average Bonchev–Trinajstić information content (AvgIpc) is 2.87. The fraction of sp³-hybridized carbons (Fsp3) is 0.176. The SMILES string of the molecule is CCNC(c1cccc(Cl)c1)c1cc2cc(F)ccc2s1. The van der Waals surface area contributed by atoms with Gasteiger partial charge in [0.25, 0.3) is 0 Å². The molecule has 108 valence electrons. The zero-order valence-corrected chi connectivity index (χ0v) is 13.1. The van der Waals surface area contributed by atoms with Gasteiger partial charge in [0, 0.05) is 14.6 Å². The van der Waals surface area contributed by atoms with Crippen LogP contribution in [0.3, 0.4) is 0 Å². The summed E-state index contributed by atoms with van der Waals surface area (Å²) in [5, 5.41) is 5.14. The van der Waals surface area contributed by atoms with E-state index >= 15 is 0 Å². The number of rotatable bonds is 4. The summed E-state index contributed by atoms with van der Waals surface area (Å²) >= 11 is 7.78. The highest BCUT2D eigenvalue weighted by Crippen LogP contribution is 2.34. The summed E-state index contributed by atoms with van der Waals surface area (Å²) < 4.78 is 14.4. The highest BCUT2D eigenvalue weighted by molar-refractivity contribution is 7.19. The van der Waals surface area contributed by atoms with Crippen molar-refractivity contribution in [3.05, 3.63) is 69.8 Å². The fourth-order valence-corrected chi connectivity index (χ4v) is 3.80. The topological polar surface area (TPSA) is 12.0 Å². The Hall–Kier alpha value is -1.42. The van der Waals surface area contributed by atoms with E-state index in [1.807, 2.05) is 24.3 Å². The second kappa shape index (κ2) is 6.14. The molecule has 0 bridgehead atoms. The van der Waals surface area contributed by atoms with Crippen molar-refractivity contribution in [3.63, 3.8) is 0 Å². The number of thiophene rings is 1. The third-order valence-corrected chi connectivity index (χ3v) is 4.79. The first-order valence-electron chi connectivity index (χ1n) is 6.85.